The average molecular weight is 317 g/mol. The Morgan fingerprint density at radius 1 is 0.364 bits per heavy atom. The van der Waals surface area contributed by atoms with Crippen LogP contribution in [-0.4, -0.2) is 138 Å². The molecule has 0 aliphatic carbocycles. The standard InChI is InChI=1S/C16H40N6/c1-17(2)9-11-19(5)13-15-21(7)22(8)16-14-20(6)12-10-18(3)4/h9-16H2,1-8H3. The molecule has 0 amide bonds. The van der Waals surface area contributed by atoms with Crippen molar-refractivity contribution in [3.05, 3.63) is 0 Å². The Balaban J connectivity index is 3.79. The molecule has 134 valence electrons. The molecule has 0 rings (SSSR count). The van der Waals surface area contributed by atoms with E-state index in [1.807, 2.05) is 0 Å². The number of hydrogen-bond donors (Lipinski definition) is 0. The van der Waals surface area contributed by atoms with Crippen molar-refractivity contribution in [2.75, 3.05) is 109 Å². The lowest BCUT2D eigenvalue weighted by molar-refractivity contribution is 0.0138. The van der Waals surface area contributed by atoms with Gasteiger partial charge in [0.15, 0.2) is 0 Å². The van der Waals surface area contributed by atoms with Crippen molar-refractivity contribution in [3.63, 3.8) is 0 Å². The second-order valence-corrected chi connectivity index (χ2v) is 6.98. The fraction of sp³-hybridized carbons (Fsp3) is 1.00. The van der Waals surface area contributed by atoms with Crippen molar-refractivity contribution >= 4 is 0 Å². The Bertz CT molecular complexity index is 233. The Kier molecular flexibility index (Phi) is 12.1. The van der Waals surface area contributed by atoms with E-state index in [0.717, 1.165) is 52.4 Å². The Morgan fingerprint density at radius 3 is 0.909 bits per heavy atom. The van der Waals surface area contributed by atoms with Gasteiger partial charge in [0.25, 0.3) is 0 Å². The summed E-state index contributed by atoms with van der Waals surface area (Å²) in [4.78, 5) is 9.26. The largest absolute Gasteiger partial charge is 0.308 e. The van der Waals surface area contributed by atoms with Crippen molar-refractivity contribution in [3.8, 4) is 0 Å². The second kappa shape index (κ2) is 12.2. The molecule has 0 radical (unpaired) electrons. The summed E-state index contributed by atoms with van der Waals surface area (Å²) in [6, 6.07) is 0. The maximum Gasteiger partial charge on any atom is 0.0257 e. The summed E-state index contributed by atoms with van der Waals surface area (Å²) in [5, 5.41) is 4.65. The summed E-state index contributed by atoms with van der Waals surface area (Å²) < 4.78 is 0. The van der Waals surface area contributed by atoms with Gasteiger partial charge in [0.2, 0.25) is 0 Å². The smallest absolute Gasteiger partial charge is 0.0257 e. The van der Waals surface area contributed by atoms with E-state index in [4.69, 9.17) is 0 Å². The third-order valence-electron chi connectivity index (χ3n) is 4.05. The zero-order valence-electron chi connectivity index (χ0n) is 16.3. The molecule has 0 spiro atoms. The minimum Gasteiger partial charge on any atom is -0.308 e. The van der Waals surface area contributed by atoms with Crippen LogP contribution in [0, 0.1) is 0 Å². The Labute approximate surface area is 139 Å². The molecule has 0 fully saturated rings. The average Bonchev–Trinajstić information content (AvgIpc) is 2.45. The van der Waals surface area contributed by atoms with Crippen LogP contribution in [0.25, 0.3) is 0 Å². The van der Waals surface area contributed by atoms with E-state index in [2.05, 4.69) is 86.0 Å². The number of rotatable bonds is 13. The lowest BCUT2D eigenvalue weighted by Gasteiger charge is -2.31. The molecule has 0 aromatic heterocycles. The van der Waals surface area contributed by atoms with Gasteiger partial charge < -0.3 is 19.6 Å². The maximum atomic E-state index is 2.40. The molecule has 0 heterocycles. The first-order valence-electron chi connectivity index (χ1n) is 8.31. The molecule has 0 aliphatic rings. The highest BCUT2D eigenvalue weighted by molar-refractivity contribution is 4.60. The summed E-state index contributed by atoms with van der Waals surface area (Å²) >= 11 is 0. The van der Waals surface area contributed by atoms with Crippen molar-refractivity contribution in [2.45, 2.75) is 0 Å². The van der Waals surface area contributed by atoms with Crippen LogP contribution in [0.5, 0.6) is 0 Å². The van der Waals surface area contributed by atoms with Gasteiger partial charge >= 0.3 is 0 Å². The van der Waals surface area contributed by atoms with Gasteiger partial charge in [-0.1, -0.05) is 0 Å². The van der Waals surface area contributed by atoms with Crippen LogP contribution in [0.1, 0.15) is 0 Å². The molecule has 0 saturated carbocycles. The molecular weight excluding hydrogens is 276 g/mol. The Morgan fingerprint density at radius 2 is 0.636 bits per heavy atom. The summed E-state index contributed by atoms with van der Waals surface area (Å²) in [6.45, 7) is 8.83. The first kappa shape index (κ1) is 21.8. The van der Waals surface area contributed by atoms with Gasteiger partial charge in [-0.15, -0.1) is 0 Å². The lowest BCUT2D eigenvalue weighted by Crippen LogP contribution is -2.45. The van der Waals surface area contributed by atoms with Gasteiger partial charge in [0, 0.05) is 66.5 Å². The number of nitrogens with zero attached hydrogens (tertiary/aromatic N) is 6. The van der Waals surface area contributed by atoms with E-state index in [0.29, 0.717) is 0 Å². The topological polar surface area (TPSA) is 19.4 Å². The van der Waals surface area contributed by atoms with Crippen LogP contribution in [0.2, 0.25) is 0 Å². The molecule has 6 nitrogen and oxygen atoms in total. The molecule has 0 N–H and O–H groups in total. The fourth-order valence-corrected chi connectivity index (χ4v) is 1.94. The molecule has 0 aromatic carbocycles. The van der Waals surface area contributed by atoms with Crippen LogP contribution in [-0.2, 0) is 0 Å². The van der Waals surface area contributed by atoms with E-state index in [1.54, 1.807) is 0 Å². The van der Waals surface area contributed by atoms with Crippen LogP contribution in [0.3, 0.4) is 0 Å². The minimum atomic E-state index is 1.07. The highest BCUT2D eigenvalue weighted by Crippen LogP contribution is 1.94. The molecule has 0 aliphatic heterocycles. The van der Waals surface area contributed by atoms with Crippen molar-refractivity contribution in [1.82, 2.24) is 29.6 Å². The molecule has 0 bridgehead atoms. The van der Waals surface area contributed by atoms with Crippen molar-refractivity contribution in [1.29, 1.82) is 0 Å². The van der Waals surface area contributed by atoms with Gasteiger partial charge in [-0.25, -0.2) is 10.0 Å². The van der Waals surface area contributed by atoms with E-state index in [1.165, 1.54) is 0 Å². The van der Waals surface area contributed by atoms with Gasteiger partial charge in [-0.05, 0) is 42.3 Å². The number of hydrazine groups is 1. The van der Waals surface area contributed by atoms with Gasteiger partial charge in [0.1, 0.15) is 0 Å². The van der Waals surface area contributed by atoms with E-state index >= 15 is 0 Å². The zero-order chi connectivity index (χ0) is 17.1. The summed E-state index contributed by atoms with van der Waals surface area (Å²) in [5.74, 6) is 0. The Hall–Kier alpha value is -0.240. The predicted molar refractivity (Wildman–Crippen MR) is 97.4 cm³/mol. The van der Waals surface area contributed by atoms with Crippen LogP contribution >= 0.6 is 0 Å². The highest BCUT2D eigenvalue weighted by atomic mass is 15.6. The zero-order valence-corrected chi connectivity index (χ0v) is 16.3. The molecule has 22 heavy (non-hydrogen) atoms. The fourth-order valence-electron chi connectivity index (χ4n) is 1.94. The number of likely N-dealkylation sites (N-methyl/N-ethyl adjacent to an activating group) is 6. The SMILES string of the molecule is CN(C)CCN(C)CCN(C)N(C)CCN(C)CCN(C)C. The third-order valence-corrected chi connectivity index (χ3v) is 4.05. The van der Waals surface area contributed by atoms with Gasteiger partial charge in [0.05, 0.1) is 0 Å². The monoisotopic (exact) mass is 316 g/mol. The first-order valence-corrected chi connectivity index (χ1v) is 8.31. The number of hydrogen-bond acceptors (Lipinski definition) is 6. The molecule has 6 heteroatoms. The second-order valence-electron chi connectivity index (χ2n) is 6.98. The predicted octanol–water partition coefficient (Wildman–Crippen LogP) is -0.248. The molecule has 0 atom stereocenters. The molecule has 0 unspecified atom stereocenters. The quantitative estimate of drug-likeness (QED) is 0.434. The molecular formula is C16H40N6. The summed E-state index contributed by atoms with van der Waals surface area (Å²) in [5.41, 5.74) is 0. The third kappa shape index (κ3) is 12.3. The van der Waals surface area contributed by atoms with Crippen molar-refractivity contribution < 1.29 is 0 Å². The van der Waals surface area contributed by atoms with E-state index in [9.17, 15) is 0 Å². The normalized spacial score (nSPS) is 12.8. The van der Waals surface area contributed by atoms with E-state index in [-0.39, 0.29) is 0 Å². The minimum absolute atomic E-state index is 1.07. The maximum absolute atomic E-state index is 2.40. The van der Waals surface area contributed by atoms with Crippen LogP contribution in [0.15, 0.2) is 0 Å². The summed E-state index contributed by atoms with van der Waals surface area (Å²) in [6.07, 6.45) is 0. The van der Waals surface area contributed by atoms with Gasteiger partial charge in [-0.3, -0.25) is 0 Å². The van der Waals surface area contributed by atoms with Crippen LogP contribution < -0.4 is 0 Å². The molecule has 0 aromatic rings. The first-order chi connectivity index (χ1) is 10.2. The van der Waals surface area contributed by atoms with E-state index < -0.39 is 0 Å². The van der Waals surface area contributed by atoms with Crippen molar-refractivity contribution in [2.24, 2.45) is 0 Å². The van der Waals surface area contributed by atoms with Crippen LogP contribution in [0.4, 0.5) is 0 Å². The highest BCUT2D eigenvalue weighted by Gasteiger charge is 2.09. The summed E-state index contributed by atoms with van der Waals surface area (Å²) in [7, 11) is 17.3. The lowest BCUT2D eigenvalue weighted by atomic mass is 10.4. The van der Waals surface area contributed by atoms with Gasteiger partial charge in [-0.2, -0.15) is 0 Å². The molecule has 0 saturated heterocycles.